The van der Waals surface area contributed by atoms with E-state index in [1.54, 1.807) is 0 Å². The minimum absolute atomic E-state index is 1.19. The molecule has 9 rings (SSSR count). The lowest BCUT2D eigenvalue weighted by molar-refractivity contribution is 1.01. The van der Waals surface area contributed by atoms with Gasteiger partial charge in [-0.3, -0.25) is 0 Å². The topological polar surface area (TPSA) is 14.3 Å². The molecule has 0 amide bonds. The van der Waals surface area contributed by atoms with Crippen LogP contribution >= 0.6 is 11.3 Å². The first-order chi connectivity index (χ1) is 17.3. The van der Waals surface area contributed by atoms with E-state index in [0.717, 1.165) is 0 Å². The Morgan fingerprint density at radius 3 is 2.23 bits per heavy atom. The molecule has 0 bridgehead atoms. The molecule has 5 heterocycles. The fraction of sp³-hybridized carbons (Fsp3) is 0.0323. The van der Waals surface area contributed by atoms with Crippen molar-refractivity contribution in [1.29, 1.82) is 0 Å². The second-order valence-corrected chi connectivity index (χ2v) is 10.4. The fourth-order valence-corrected chi connectivity index (χ4v) is 7.42. The summed E-state index contributed by atoms with van der Waals surface area (Å²) in [6, 6.07) is 33.3. The molecule has 0 N–H and O–H groups in total. The highest BCUT2D eigenvalue weighted by Crippen LogP contribution is 2.47. The number of aryl methyl sites for hydroxylation is 1. The minimum atomic E-state index is 1.19. The Morgan fingerprint density at radius 1 is 0.543 bits per heavy atom. The number of para-hydroxylation sites is 2. The highest BCUT2D eigenvalue weighted by molar-refractivity contribution is 7.18. The zero-order valence-electron chi connectivity index (χ0n) is 19.0. The summed E-state index contributed by atoms with van der Waals surface area (Å²) in [6.07, 6.45) is 0. The number of aromatic nitrogens is 3. The van der Waals surface area contributed by atoms with Gasteiger partial charge in [0, 0.05) is 45.2 Å². The third kappa shape index (κ3) is 1.97. The standard InChI is InChI=1S/C31H19N3S/c1-32-23-13-7-11-20-26(23)27-24(32)15-14-21-28(27)34(25-16-17-35-31(20)25)29-19-10-5-6-12-22(19)33(30(21)29)18-8-3-2-4-9-18/h2-17H,1H3. The minimum Gasteiger partial charge on any atom is -0.344 e. The predicted octanol–water partition coefficient (Wildman–Crippen LogP) is 8.49. The molecule has 0 unspecified atom stereocenters. The van der Waals surface area contributed by atoms with Crippen LogP contribution < -0.4 is 0 Å². The van der Waals surface area contributed by atoms with Crippen LogP contribution in [-0.4, -0.2) is 13.5 Å². The van der Waals surface area contributed by atoms with Crippen LogP contribution in [0.5, 0.6) is 0 Å². The molecule has 3 nitrogen and oxygen atoms in total. The third-order valence-corrected chi connectivity index (χ3v) is 8.80. The number of fused-ring (bicyclic) bond motifs is 8. The summed E-state index contributed by atoms with van der Waals surface area (Å²) in [6.45, 7) is 0. The molecular formula is C31H19N3S. The number of thiophene rings is 1. The monoisotopic (exact) mass is 465 g/mol. The Labute approximate surface area is 204 Å². The molecule has 0 atom stereocenters. The SMILES string of the molecule is Cn1c2cccc3c4sccc4n4c5c(ccc1c5c32)c1c4c2ccccc2n1-c1ccccc1. The summed E-state index contributed by atoms with van der Waals surface area (Å²) in [7, 11) is 2.20. The van der Waals surface area contributed by atoms with Gasteiger partial charge in [0.15, 0.2) is 0 Å². The van der Waals surface area contributed by atoms with E-state index < -0.39 is 0 Å². The molecule has 0 aliphatic carbocycles. The van der Waals surface area contributed by atoms with Gasteiger partial charge in [-0.05, 0) is 47.8 Å². The van der Waals surface area contributed by atoms with E-state index in [-0.39, 0.29) is 0 Å². The summed E-state index contributed by atoms with van der Waals surface area (Å²) in [5, 5.41) is 8.90. The van der Waals surface area contributed by atoms with E-state index in [1.165, 1.54) is 75.9 Å². The van der Waals surface area contributed by atoms with Crippen LogP contribution in [0.1, 0.15) is 0 Å². The average Bonchev–Trinajstić information content (AvgIpc) is 3.63. The van der Waals surface area contributed by atoms with Gasteiger partial charge in [0.2, 0.25) is 0 Å². The second kappa shape index (κ2) is 6.04. The molecule has 4 heteroatoms. The number of nitrogens with zero attached hydrogens (tertiary/aromatic N) is 3. The summed E-state index contributed by atoms with van der Waals surface area (Å²) in [5.41, 5.74) is 10.2. The van der Waals surface area contributed by atoms with Crippen LogP contribution in [0.3, 0.4) is 0 Å². The lowest BCUT2D eigenvalue weighted by Crippen LogP contribution is -1.93. The van der Waals surface area contributed by atoms with Crippen LogP contribution in [0, 0.1) is 0 Å². The van der Waals surface area contributed by atoms with Crippen molar-refractivity contribution in [2.45, 2.75) is 0 Å². The van der Waals surface area contributed by atoms with E-state index in [4.69, 9.17) is 0 Å². The quantitative estimate of drug-likeness (QED) is 0.231. The Bertz CT molecular complexity index is 2270. The van der Waals surface area contributed by atoms with E-state index in [1.807, 2.05) is 11.3 Å². The van der Waals surface area contributed by atoms with Gasteiger partial charge < -0.3 is 13.5 Å². The van der Waals surface area contributed by atoms with Crippen LogP contribution in [0.15, 0.2) is 96.4 Å². The van der Waals surface area contributed by atoms with Crippen molar-refractivity contribution in [3.63, 3.8) is 0 Å². The normalized spacial score (nSPS) is 12.7. The van der Waals surface area contributed by atoms with Crippen LogP contribution in [0.25, 0.3) is 75.9 Å². The first kappa shape index (κ1) is 18.1. The number of hydrogen-bond acceptors (Lipinski definition) is 1. The van der Waals surface area contributed by atoms with Gasteiger partial charge in [0.25, 0.3) is 0 Å². The molecule has 0 aliphatic rings. The van der Waals surface area contributed by atoms with Crippen LogP contribution in [0.4, 0.5) is 0 Å². The average molecular weight is 466 g/mol. The summed E-state index contributed by atoms with van der Waals surface area (Å²) < 4.78 is 8.71. The van der Waals surface area contributed by atoms with E-state index in [2.05, 4.69) is 117 Å². The molecule has 0 spiro atoms. The van der Waals surface area contributed by atoms with Crippen molar-refractivity contribution in [3.05, 3.63) is 96.4 Å². The van der Waals surface area contributed by atoms with E-state index in [9.17, 15) is 0 Å². The molecule has 5 aromatic heterocycles. The van der Waals surface area contributed by atoms with Crippen LogP contribution in [0.2, 0.25) is 0 Å². The lowest BCUT2D eigenvalue weighted by Gasteiger charge is -2.08. The van der Waals surface area contributed by atoms with Crippen molar-refractivity contribution in [1.82, 2.24) is 13.5 Å². The Hall–Kier alpha value is -4.28. The highest BCUT2D eigenvalue weighted by Gasteiger charge is 2.25. The lowest BCUT2D eigenvalue weighted by atomic mass is 10.1. The second-order valence-electron chi connectivity index (χ2n) is 9.47. The first-order valence-electron chi connectivity index (χ1n) is 11.9. The van der Waals surface area contributed by atoms with Crippen molar-refractivity contribution < 1.29 is 0 Å². The molecule has 4 aromatic carbocycles. The summed E-state index contributed by atoms with van der Waals surface area (Å²) in [5.74, 6) is 0. The van der Waals surface area contributed by atoms with Gasteiger partial charge in [-0.1, -0.05) is 48.5 Å². The molecule has 164 valence electrons. The smallest absolute Gasteiger partial charge is 0.0804 e. The van der Waals surface area contributed by atoms with E-state index in [0.29, 0.717) is 0 Å². The highest BCUT2D eigenvalue weighted by atomic mass is 32.1. The molecule has 0 saturated carbocycles. The van der Waals surface area contributed by atoms with Gasteiger partial charge in [-0.2, -0.15) is 0 Å². The Morgan fingerprint density at radius 2 is 1.31 bits per heavy atom. The molecule has 0 aliphatic heterocycles. The predicted molar refractivity (Wildman–Crippen MR) is 150 cm³/mol. The number of hydrogen-bond donors (Lipinski definition) is 0. The molecule has 9 aromatic rings. The largest absolute Gasteiger partial charge is 0.344 e. The van der Waals surface area contributed by atoms with Crippen molar-refractivity contribution >= 4 is 81.6 Å². The van der Waals surface area contributed by atoms with Gasteiger partial charge in [0.1, 0.15) is 0 Å². The van der Waals surface area contributed by atoms with Crippen LogP contribution in [-0.2, 0) is 7.05 Å². The zero-order valence-corrected chi connectivity index (χ0v) is 19.8. The molecular weight excluding hydrogens is 446 g/mol. The van der Waals surface area contributed by atoms with Gasteiger partial charge >= 0.3 is 0 Å². The third-order valence-electron chi connectivity index (χ3n) is 7.87. The van der Waals surface area contributed by atoms with Crippen molar-refractivity contribution in [2.24, 2.45) is 7.05 Å². The zero-order chi connectivity index (χ0) is 22.8. The maximum absolute atomic E-state index is 2.56. The summed E-state index contributed by atoms with van der Waals surface area (Å²) >= 11 is 1.84. The first-order valence-corrected chi connectivity index (χ1v) is 12.8. The molecule has 0 radical (unpaired) electrons. The van der Waals surface area contributed by atoms with Gasteiger partial charge in [-0.15, -0.1) is 11.3 Å². The maximum Gasteiger partial charge on any atom is 0.0804 e. The van der Waals surface area contributed by atoms with E-state index >= 15 is 0 Å². The number of rotatable bonds is 1. The number of benzene rings is 4. The maximum atomic E-state index is 2.56. The van der Waals surface area contributed by atoms with Gasteiger partial charge in [0.05, 0.1) is 37.8 Å². The Balaban J connectivity index is 1.73. The fourth-order valence-electron chi connectivity index (χ4n) is 6.51. The Kier molecular flexibility index (Phi) is 3.12. The van der Waals surface area contributed by atoms with Crippen molar-refractivity contribution in [3.8, 4) is 5.69 Å². The molecule has 0 saturated heterocycles. The van der Waals surface area contributed by atoms with Crippen molar-refractivity contribution in [2.75, 3.05) is 0 Å². The van der Waals surface area contributed by atoms with Gasteiger partial charge in [-0.25, -0.2) is 0 Å². The molecule has 35 heavy (non-hydrogen) atoms. The summed E-state index contributed by atoms with van der Waals surface area (Å²) in [4.78, 5) is 0. The molecule has 0 fully saturated rings.